The third-order valence-corrected chi connectivity index (χ3v) is 6.24. The highest BCUT2D eigenvalue weighted by molar-refractivity contribution is 5.79. The minimum atomic E-state index is -4.64. The number of amides is 1. The van der Waals surface area contributed by atoms with Crippen LogP contribution in [0.3, 0.4) is 0 Å². The molecule has 0 radical (unpaired) electrons. The van der Waals surface area contributed by atoms with Gasteiger partial charge in [-0.15, -0.1) is 0 Å². The Kier molecular flexibility index (Phi) is 7.29. The molecule has 2 unspecified atom stereocenters. The van der Waals surface area contributed by atoms with E-state index in [2.05, 4.69) is 5.32 Å². The first kappa shape index (κ1) is 25.2. The second kappa shape index (κ2) is 10.4. The van der Waals surface area contributed by atoms with Crippen molar-refractivity contribution in [3.8, 4) is 17.2 Å². The van der Waals surface area contributed by atoms with E-state index in [4.69, 9.17) is 4.74 Å². The second-order valence-corrected chi connectivity index (χ2v) is 8.46. The van der Waals surface area contributed by atoms with Gasteiger partial charge in [-0.25, -0.2) is 4.79 Å². The van der Waals surface area contributed by atoms with Crippen molar-refractivity contribution < 1.29 is 32.9 Å². The Labute approximate surface area is 205 Å². The number of aliphatic hydroxyl groups is 2. The van der Waals surface area contributed by atoms with Crippen molar-refractivity contribution in [2.24, 2.45) is 0 Å². The summed E-state index contributed by atoms with van der Waals surface area (Å²) in [6.07, 6.45) is -8.49. The normalized spacial score (nSPS) is 14.3. The fourth-order valence-electron chi connectivity index (χ4n) is 4.42. The largest absolute Gasteiger partial charge is 0.449 e. The van der Waals surface area contributed by atoms with Gasteiger partial charge in [-0.2, -0.15) is 18.4 Å². The molecule has 3 N–H and O–H groups in total. The third kappa shape index (κ3) is 5.20. The van der Waals surface area contributed by atoms with E-state index in [0.717, 1.165) is 34.4 Å². The fourth-order valence-corrected chi connectivity index (χ4v) is 4.42. The number of hydrogen-bond donors (Lipinski definition) is 3. The first-order valence-electron chi connectivity index (χ1n) is 11.3. The number of hydrogen-bond acceptors (Lipinski definition) is 5. The summed E-state index contributed by atoms with van der Waals surface area (Å²) < 4.78 is 44.0. The number of fused-ring (bicyclic) bond motifs is 3. The van der Waals surface area contributed by atoms with Crippen LogP contribution >= 0.6 is 0 Å². The predicted molar refractivity (Wildman–Crippen MR) is 125 cm³/mol. The van der Waals surface area contributed by atoms with Crippen molar-refractivity contribution in [3.05, 3.63) is 94.5 Å². The number of nitriles is 1. The maximum atomic E-state index is 12.9. The molecule has 0 heterocycles. The number of carbonyl (C=O) groups is 1. The number of rotatable bonds is 7. The van der Waals surface area contributed by atoms with Gasteiger partial charge >= 0.3 is 12.3 Å². The lowest BCUT2D eigenvalue weighted by Gasteiger charge is -2.20. The number of carbonyl (C=O) groups excluding carboxylic acids is 1. The van der Waals surface area contributed by atoms with Gasteiger partial charge in [-0.05, 0) is 40.8 Å². The van der Waals surface area contributed by atoms with Crippen molar-refractivity contribution in [2.45, 2.75) is 30.7 Å². The van der Waals surface area contributed by atoms with E-state index in [-0.39, 0.29) is 36.6 Å². The Morgan fingerprint density at radius 3 is 2.22 bits per heavy atom. The number of benzene rings is 3. The highest BCUT2D eigenvalue weighted by atomic mass is 19.4. The molecule has 0 aliphatic heterocycles. The zero-order valence-corrected chi connectivity index (χ0v) is 19.0. The molecule has 9 heteroatoms. The van der Waals surface area contributed by atoms with Gasteiger partial charge in [-0.1, -0.05) is 54.6 Å². The number of ether oxygens (including phenoxy) is 1. The first-order valence-corrected chi connectivity index (χ1v) is 11.3. The van der Waals surface area contributed by atoms with Gasteiger partial charge in [0.25, 0.3) is 0 Å². The van der Waals surface area contributed by atoms with Gasteiger partial charge in [0.2, 0.25) is 0 Å². The van der Waals surface area contributed by atoms with Crippen LogP contribution in [0.25, 0.3) is 11.1 Å². The van der Waals surface area contributed by atoms with Crippen LogP contribution in [-0.4, -0.2) is 35.6 Å². The van der Waals surface area contributed by atoms with Crippen LogP contribution in [0.5, 0.6) is 0 Å². The molecule has 0 saturated carbocycles. The molecule has 3 aromatic carbocycles. The summed E-state index contributed by atoms with van der Waals surface area (Å²) in [6.45, 7) is 0.0551. The number of nitrogens with one attached hydrogen (secondary N) is 1. The van der Waals surface area contributed by atoms with Crippen molar-refractivity contribution >= 4 is 6.09 Å². The minimum absolute atomic E-state index is 0.0581. The molecule has 1 aliphatic rings. The molecule has 0 bridgehead atoms. The number of aliphatic hydroxyl groups excluding tert-OH is 2. The first-order chi connectivity index (χ1) is 17.2. The number of alkyl halides is 3. The van der Waals surface area contributed by atoms with Gasteiger partial charge in [0.05, 0.1) is 23.3 Å². The molecule has 0 fully saturated rings. The number of nitrogens with zero attached hydrogens (tertiary/aromatic N) is 1. The van der Waals surface area contributed by atoms with Crippen LogP contribution in [0.15, 0.2) is 66.7 Å². The van der Waals surface area contributed by atoms with Gasteiger partial charge in [0, 0.05) is 18.0 Å². The van der Waals surface area contributed by atoms with Crippen LogP contribution in [0.2, 0.25) is 0 Å². The smallest absolute Gasteiger partial charge is 0.416 e. The fraction of sp³-hybridized carbons (Fsp3) is 0.259. The molecule has 0 aromatic heterocycles. The third-order valence-electron chi connectivity index (χ3n) is 6.24. The van der Waals surface area contributed by atoms with Gasteiger partial charge in [0.1, 0.15) is 12.7 Å². The Bertz CT molecular complexity index is 1260. The molecule has 3 aromatic rings. The minimum Gasteiger partial charge on any atom is -0.449 e. The Balaban J connectivity index is 1.30. The van der Waals surface area contributed by atoms with E-state index in [1.807, 2.05) is 48.5 Å². The average molecular weight is 496 g/mol. The molecule has 36 heavy (non-hydrogen) atoms. The zero-order chi connectivity index (χ0) is 25.9. The van der Waals surface area contributed by atoms with Crippen LogP contribution in [0, 0.1) is 11.3 Å². The van der Waals surface area contributed by atoms with Crippen molar-refractivity contribution in [1.82, 2.24) is 5.32 Å². The summed E-state index contributed by atoms with van der Waals surface area (Å²) in [5.74, 6) is -0.111. The highest BCUT2D eigenvalue weighted by Gasteiger charge is 2.32. The lowest BCUT2D eigenvalue weighted by Crippen LogP contribution is -2.31. The van der Waals surface area contributed by atoms with Crippen molar-refractivity contribution in [2.75, 3.05) is 13.2 Å². The zero-order valence-electron chi connectivity index (χ0n) is 19.0. The standard InChI is InChI=1S/C27H23F3N2O4/c28-27(29,30)17-9-10-18(16(13-17)14-31)25(34)24(33)11-12-32-26(35)36-15-23-21-7-3-1-5-19(21)20-6-2-4-8-22(20)23/h1-10,13,23-25,33-34H,11-12,15H2,(H,32,35). The molecule has 186 valence electrons. The number of alkyl carbamates (subject to hydrolysis) is 1. The topological polar surface area (TPSA) is 103 Å². The monoisotopic (exact) mass is 496 g/mol. The quantitative estimate of drug-likeness (QED) is 0.432. The molecule has 1 aliphatic carbocycles. The lowest BCUT2D eigenvalue weighted by atomic mass is 9.95. The van der Waals surface area contributed by atoms with E-state index in [0.29, 0.717) is 6.07 Å². The van der Waals surface area contributed by atoms with E-state index in [1.54, 1.807) is 6.07 Å². The summed E-state index contributed by atoms with van der Waals surface area (Å²) in [7, 11) is 0. The molecule has 1 amide bonds. The Morgan fingerprint density at radius 2 is 1.64 bits per heavy atom. The lowest BCUT2D eigenvalue weighted by molar-refractivity contribution is -0.137. The predicted octanol–water partition coefficient (Wildman–Crippen LogP) is 4.90. The van der Waals surface area contributed by atoms with Gasteiger partial charge < -0.3 is 20.3 Å². The summed E-state index contributed by atoms with van der Waals surface area (Å²) >= 11 is 0. The molecule has 0 saturated heterocycles. The maximum Gasteiger partial charge on any atom is 0.416 e. The molecular weight excluding hydrogens is 473 g/mol. The summed E-state index contributed by atoms with van der Waals surface area (Å²) in [4.78, 5) is 12.2. The van der Waals surface area contributed by atoms with Crippen molar-refractivity contribution in [1.29, 1.82) is 5.26 Å². The van der Waals surface area contributed by atoms with Crippen LogP contribution in [0.1, 0.15) is 46.3 Å². The highest BCUT2D eigenvalue weighted by Crippen LogP contribution is 2.44. The van der Waals surface area contributed by atoms with Gasteiger partial charge in [-0.3, -0.25) is 0 Å². The van der Waals surface area contributed by atoms with E-state index in [9.17, 15) is 33.4 Å². The summed E-state index contributed by atoms with van der Waals surface area (Å²) in [5, 5.41) is 32.3. The maximum absolute atomic E-state index is 12.9. The van der Waals surface area contributed by atoms with Crippen LogP contribution in [-0.2, 0) is 10.9 Å². The Morgan fingerprint density at radius 1 is 1.03 bits per heavy atom. The van der Waals surface area contributed by atoms with Gasteiger partial charge in [0.15, 0.2) is 0 Å². The molecule has 2 atom stereocenters. The molecule has 0 spiro atoms. The average Bonchev–Trinajstić information content (AvgIpc) is 3.19. The SMILES string of the molecule is N#Cc1cc(C(F)(F)F)ccc1C(O)C(O)CCNC(=O)OCC1c2ccccc2-c2ccccc21. The second-order valence-electron chi connectivity index (χ2n) is 8.46. The van der Waals surface area contributed by atoms with E-state index >= 15 is 0 Å². The summed E-state index contributed by atoms with van der Waals surface area (Å²) in [6, 6.07) is 19.7. The summed E-state index contributed by atoms with van der Waals surface area (Å²) in [5.41, 5.74) is 2.78. The molecule has 4 rings (SSSR count). The van der Waals surface area contributed by atoms with Crippen molar-refractivity contribution in [3.63, 3.8) is 0 Å². The van der Waals surface area contributed by atoms with E-state index < -0.39 is 30.0 Å². The van der Waals surface area contributed by atoms with E-state index in [1.165, 1.54) is 0 Å². The molecule has 6 nitrogen and oxygen atoms in total. The van der Waals surface area contributed by atoms with Crippen LogP contribution in [0.4, 0.5) is 18.0 Å². The number of halogens is 3. The Hall–Kier alpha value is -3.87. The molecular formula is C27H23F3N2O4. The van der Waals surface area contributed by atoms with Crippen LogP contribution < -0.4 is 5.32 Å².